The highest BCUT2D eigenvalue weighted by molar-refractivity contribution is 6.40. The van der Waals surface area contributed by atoms with Crippen LogP contribution in [0.1, 0.15) is 11.1 Å². The Balaban J connectivity index is 2.19. The molecule has 3 nitrogen and oxygen atoms in total. The van der Waals surface area contributed by atoms with Crippen LogP contribution in [0.4, 0.5) is 0 Å². The molecule has 0 unspecified atom stereocenters. The second-order valence-electron chi connectivity index (χ2n) is 4.33. The van der Waals surface area contributed by atoms with E-state index in [-0.39, 0.29) is 13.0 Å². The molecule has 0 atom stereocenters. The number of carbonyl (C=O) groups is 1. The lowest BCUT2D eigenvalue weighted by Gasteiger charge is -2.12. The molecule has 0 radical (unpaired) electrons. The van der Waals surface area contributed by atoms with Gasteiger partial charge >= 0.3 is 5.97 Å². The molecule has 0 aliphatic heterocycles. The molecule has 21 heavy (non-hydrogen) atoms. The summed E-state index contributed by atoms with van der Waals surface area (Å²) >= 11 is 17.9. The highest BCUT2D eigenvalue weighted by Crippen LogP contribution is 2.36. The minimum Gasteiger partial charge on any atom is -0.486 e. The van der Waals surface area contributed by atoms with E-state index in [2.05, 4.69) is 0 Å². The number of carboxylic acid groups (broad SMARTS) is 1. The van der Waals surface area contributed by atoms with E-state index in [0.717, 1.165) is 5.56 Å². The Kier molecular flexibility index (Phi) is 5.34. The smallest absolute Gasteiger partial charge is 0.307 e. The van der Waals surface area contributed by atoms with Gasteiger partial charge in [0, 0.05) is 5.02 Å². The highest BCUT2D eigenvalue weighted by atomic mass is 35.5. The Morgan fingerprint density at radius 2 is 1.62 bits per heavy atom. The summed E-state index contributed by atoms with van der Waals surface area (Å²) in [5, 5.41) is 9.93. The molecule has 6 heteroatoms. The summed E-state index contributed by atoms with van der Waals surface area (Å²) in [6.07, 6.45) is -0.0678. The first-order valence-electron chi connectivity index (χ1n) is 6.03. The summed E-state index contributed by atoms with van der Waals surface area (Å²) in [5.74, 6) is -0.571. The first-order chi connectivity index (χ1) is 9.97. The largest absolute Gasteiger partial charge is 0.486 e. The average molecular weight is 346 g/mol. The van der Waals surface area contributed by atoms with E-state index in [0.29, 0.717) is 26.4 Å². The van der Waals surface area contributed by atoms with Crippen LogP contribution >= 0.6 is 34.8 Å². The van der Waals surface area contributed by atoms with E-state index in [4.69, 9.17) is 44.6 Å². The predicted octanol–water partition coefficient (Wildman–Crippen LogP) is 4.85. The van der Waals surface area contributed by atoms with Crippen LogP contribution in [0.3, 0.4) is 0 Å². The SMILES string of the molecule is O=C(O)Cc1ccccc1COc1c(Cl)cc(Cl)cc1Cl. The van der Waals surface area contributed by atoms with Gasteiger partial charge in [-0.05, 0) is 23.3 Å². The van der Waals surface area contributed by atoms with Crippen LogP contribution in [-0.4, -0.2) is 11.1 Å². The third-order valence-electron chi connectivity index (χ3n) is 2.80. The highest BCUT2D eigenvalue weighted by Gasteiger charge is 2.11. The zero-order valence-corrected chi connectivity index (χ0v) is 13.0. The molecule has 0 saturated heterocycles. The Morgan fingerprint density at radius 3 is 2.19 bits per heavy atom. The molecular formula is C15H11Cl3O3. The molecule has 0 spiro atoms. The van der Waals surface area contributed by atoms with Crippen molar-refractivity contribution >= 4 is 40.8 Å². The van der Waals surface area contributed by atoms with Crippen molar-refractivity contribution in [3.05, 3.63) is 62.6 Å². The third kappa shape index (κ3) is 4.27. The van der Waals surface area contributed by atoms with Gasteiger partial charge in [-0.1, -0.05) is 59.1 Å². The van der Waals surface area contributed by atoms with Crippen LogP contribution in [-0.2, 0) is 17.8 Å². The van der Waals surface area contributed by atoms with Gasteiger partial charge in [-0.25, -0.2) is 0 Å². The lowest BCUT2D eigenvalue weighted by atomic mass is 10.1. The van der Waals surface area contributed by atoms with Gasteiger partial charge in [-0.15, -0.1) is 0 Å². The number of ether oxygens (including phenoxy) is 1. The fourth-order valence-electron chi connectivity index (χ4n) is 1.85. The molecule has 0 amide bonds. The lowest BCUT2D eigenvalue weighted by molar-refractivity contribution is -0.136. The van der Waals surface area contributed by atoms with Crippen molar-refractivity contribution in [3.8, 4) is 5.75 Å². The fraction of sp³-hybridized carbons (Fsp3) is 0.133. The standard InChI is InChI=1S/C15H11Cl3O3/c16-11-6-12(17)15(13(18)7-11)21-8-10-4-2-1-3-9(10)5-14(19)20/h1-4,6-7H,5,8H2,(H,19,20). The zero-order valence-electron chi connectivity index (χ0n) is 10.8. The van der Waals surface area contributed by atoms with Crippen molar-refractivity contribution in [2.24, 2.45) is 0 Å². The van der Waals surface area contributed by atoms with E-state index in [9.17, 15) is 4.79 Å². The molecule has 0 aromatic heterocycles. The van der Waals surface area contributed by atoms with Crippen molar-refractivity contribution in [2.45, 2.75) is 13.0 Å². The van der Waals surface area contributed by atoms with Crippen molar-refractivity contribution in [3.63, 3.8) is 0 Å². The maximum Gasteiger partial charge on any atom is 0.307 e. The minimum atomic E-state index is -0.898. The van der Waals surface area contributed by atoms with E-state index >= 15 is 0 Å². The van der Waals surface area contributed by atoms with E-state index < -0.39 is 5.97 Å². The quantitative estimate of drug-likeness (QED) is 0.842. The van der Waals surface area contributed by atoms with Crippen LogP contribution in [0, 0.1) is 0 Å². The number of halogens is 3. The molecule has 0 heterocycles. The first-order valence-corrected chi connectivity index (χ1v) is 7.16. The number of hydrogen-bond acceptors (Lipinski definition) is 2. The number of hydrogen-bond donors (Lipinski definition) is 1. The second-order valence-corrected chi connectivity index (χ2v) is 5.58. The van der Waals surface area contributed by atoms with Gasteiger partial charge in [-0.3, -0.25) is 4.79 Å². The molecule has 0 bridgehead atoms. The van der Waals surface area contributed by atoms with Gasteiger partial charge in [0.1, 0.15) is 6.61 Å². The van der Waals surface area contributed by atoms with Gasteiger partial charge < -0.3 is 9.84 Å². The summed E-state index contributed by atoms with van der Waals surface area (Å²) in [4.78, 5) is 10.8. The number of aliphatic carboxylic acids is 1. The first kappa shape index (κ1) is 16.0. The van der Waals surface area contributed by atoms with Crippen molar-refractivity contribution < 1.29 is 14.6 Å². The van der Waals surface area contributed by atoms with Gasteiger partial charge in [0.25, 0.3) is 0 Å². The Bertz CT molecular complexity index is 648. The van der Waals surface area contributed by atoms with Crippen molar-refractivity contribution in [2.75, 3.05) is 0 Å². The van der Waals surface area contributed by atoms with Crippen molar-refractivity contribution in [1.29, 1.82) is 0 Å². The molecule has 2 rings (SSSR count). The summed E-state index contributed by atoms with van der Waals surface area (Å²) in [6, 6.07) is 10.2. The van der Waals surface area contributed by atoms with Crippen LogP contribution in [0.5, 0.6) is 5.75 Å². The predicted molar refractivity (Wildman–Crippen MR) is 83.6 cm³/mol. The number of carboxylic acids is 1. The fourth-order valence-corrected chi connectivity index (χ4v) is 2.78. The minimum absolute atomic E-state index is 0.0678. The molecule has 0 fully saturated rings. The molecule has 2 aromatic carbocycles. The molecule has 2 aromatic rings. The van der Waals surface area contributed by atoms with Crippen LogP contribution in [0.2, 0.25) is 15.1 Å². The van der Waals surface area contributed by atoms with E-state index in [1.54, 1.807) is 18.2 Å². The van der Waals surface area contributed by atoms with Crippen LogP contribution < -0.4 is 4.74 Å². The summed E-state index contributed by atoms with van der Waals surface area (Å²) in [5.41, 5.74) is 1.45. The summed E-state index contributed by atoms with van der Waals surface area (Å²) in [6.45, 7) is 0.171. The van der Waals surface area contributed by atoms with Gasteiger partial charge in [0.15, 0.2) is 5.75 Å². The Morgan fingerprint density at radius 1 is 1.05 bits per heavy atom. The number of rotatable bonds is 5. The maximum atomic E-state index is 10.8. The molecule has 0 aliphatic carbocycles. The molecule has 0 saturated carbocycles. The Labute approximate surface area is 137 Å². The molecule has 1 N–H and O–H groups in total. The monoisotopic (exact) mass is 344 g/mol. The normalized spacial score (nSPS) is 10.4. The van der Waals surface area contributed by atoms with E-state index in [1.165, 1.54) is 12.1 Å². The third-order valence-corrected chi connectivity index (χ3v) is 3.57. The Hall–Kier alpha value is -1.42. The topological polar surface area (TPSA) is 46.5 Å². The average Bonchev–Trinajstić information content (AvgIpc) is 2.38. The van der Waals surface area contributed by atoms with Crippen LogP contribution in [0.25, 0.3) is 0 Å². The maximum absolute atomic E-state index is 10.8. The van der Waals surface area contributed by atoms with Gasteiger partial charge in [-0.2, -0.15) is 0 Å². The van der Waals surface area contributed by atoms with Gasteiger partial charge in [0.05, 0.1) is 16.5 Å². The van der Waals surface area contributed by atoms with Gasteiger partial charge in [0.2, 0.25) is 0 Å². The molecule has 0 aliphatic rings. The summed E-state index contributed by atoms with van der Waals surface area (Å²) in [7, 11) is 0. The summed E-state index contributed by atoms with van der Waals surface area (Å²) < 4.78 is 5.62. The van der Waals surface area contributed by atoms with E-state index in [1.807, 2.05) is 6.07 Å². The van der Waals surface area contributed by atoms with Crippen LogP contribution in [0.15, 0.2) is 36.4 Å². The second kappa shape index (κ2) is 7.03. The lowest BCUT2D eigenvalue weighted by Crippen LogP contribution is -2.06. The molecule has 110 valence electrons. The number of benzene rings is 2. The molecular weight excluding hydrogens is 335 g/mol. The zero-order chi connectivity index (χ0) is 15.4. The van der Waals surface area contributed by atoms with Crippen molar-refractivity contribution in [1.82, 2.24) is 0 Å².